The van der Waals surface area contributed by atoms with E-state index in [-0.39, 0.29) is 12.3 Å². The Kier molecular flexibility index (Phi) is 3.62. The molecule has 0 radical (unpaired) electrons. The molecule has 0 unspecified atom stereocenters. The molecule has 0 saturated heterocycles. The van der Waals surface area contributed by atoms with Crippen LogP contribution in [0.3, 0.4) is 0 Å². The zero-order valence-corrected chi connectivity index (χ0v) is 10.4. The molecule has 2 aromatic rings. The third-order valence-corrected chi connectivity index (χ3v) is 2.53. The fourth-order valence-electron chi connectivity index (χ4n) is 1.44. The van der Waals surface area contributed by atoms with Gasteiger partial charge in [0, 0.05) is 36.9 Å². The Morgan fingerprint density at radius 1 is 1.44 bits per heavy atom. The molecule has 0 N–H and O–H groups in total. The predicted octanol–water partition coefficient (Wildman–Crippen LogP) is 1.43. The van der Waals surface area contributed by atoms with E-state index in [1.807, 2.05) is 30.8 Å². The van der Waals surface area contributed by atoms with Gasteiger partial charge in [-0.25, -0.2) is 4.98 Å². The molecule has 18 heavy (non-hydrogen) atoms. The van der Waals surface area contributed by atoms with Gasteiger partial charge in [0.15, 0.2) is 5.78 Å². The summed E-state index contributed by atoms with van der Waals surface area (Å²) in [5, 5.41) is 0. The molecule has 2 rings (SSSR count). The smallest absolute Gasteiger partial charge is 0.185 e. The Labute approximate surface area is 105 Å². The fourth-order valence-corrected chi connectivity index (χ4v) is 1.44. The summed E-state index contributed by atoms with van der Waals surface area (Å²) >= 11 is 0. The molecule has 0 amide bonds. The van der Waals surface area contributed by atoms with Crippen LogP contribution in [0.25, 0.3) is 0 Å². The molecule has 0 saturated carbocycles. The van der Waals surface area contributed by atoms with E-state index in [0.29, 0.717) is 5.56 Å². The van der Waals surface area contributed by atoms with Crippen LogP contribution in [0.1, 0.15) is 21.9 Å². The van der Waals surface area contributed by atoms with Crippen molar-refractivity contribution in [2.75, 3.05) is 6.54 Å². The lowest BCUT2D eigenvalue weighted by Gasteiger charge is -1.98. The molecule has 0 aliphatic carbocycles. The Hall–Kier alpha value is -2.30. The van der Waals surface area contributed by atoms with Gasteiger partial charge in [-0.3, -0.25) is 14.8 Å². The van der Waals surface area contributed by atoms with E-state index < -0.39 is 0 Å². The van der Waals surface area contributed by atoms with E-state index >= 15 is 0 Å². The van der Waals surface area contributed by atoms with E-state index in [9.17, 15) is 4.79 Å². The molecule has 5 nitrogen and oxygen atoms in total. The molecule has 0 aromatic carbocycles. The van der Waals surface area contributed by atoms with Gasteiger partial charge in [-0.05, 0) is 19.1 Å². The van der Waals surface area contributed by atoms with Gasteiger partial charge >= 0.3 is 0 Å². The molecule has 0 fully saturated rings. The molecule has 0 aliphatic rings. The van der Waals surface area contributed by atoms with Crippen molar-refractivity contribution in [2.45, 2.75) is 6.92 Å². The van der Waals surface area contributed by atoms with Gasteiger partial charge in [0.05, 0.1) is 6.21 Å². The number of carbonyl (C=O) groups excluding carboxylic acids is 1. The number of nitrogens with zero attached hydrogens (tertiary/aromatic N) is 4. The maximum atomic E-state index is 11.8. The van der Waals surface area contributed by atoms with Crippen LogP contribution in [-0.2, 0) is 7.05 Å². The third-order valence-electron chi connectivity index (χ3n) is 2.53. The van der Waals surface area contributed by atoms with Crippen molar-refractivity contribution in [1.82, 2.24) is 14.5 Å². The first-order chi connectivity index (χ1) is 8.66. The van der Waals surface area contributed by atoms with Crippen molar-refractivity contribution in [3.8, 4) is 0 Å². The van der Waals surface area contributed by atoms with Crippen LogP contribution in [0.5, 0.6) is 0 Å². The number of Topliss-reactive ketones (excluding diaryl/α,β-unsaturated/α-hetero) is 1. The highest BCUT2D eigenvalue weighted by Gasteiger charge is 2.04. The summed E-state index contributed by atoms with van der Waals surface area (Å²) in [6, 6.07) is 3.58. The van der Waals surface area contributed by atoms with Gasteiger partial charge in [-0.15, -0.1) is 0 Å². The number of aliphatic imine (C=N–C) groups is 1. The zero-order chi connectivity index (χ0) is 13.0. The van der Waals surface area contributed by atoms with Crippen LogP contribution in [0.4, 0.5) is 0 Å². The van der Waals surface area contributed by atoms with E-state index in [0.717, 1.165) is 11.5 Å². The molecule has 5 heteroatoms. The molecule has 0 aliphatic heterocycles. The average Bonchev–Trinajstić information content (AvgIpc) is 2.76. The average molecular weight is 242 g/mol. The van der Waals surface area contributed by atoms with Gasteiger partial charge in [0.25, 0.3) is 0 Å². The Bertz CT molecular complexity index is 569. The molecular formula is C13H14N4O. The fraction of sp³-hybridized carbons (Fsp3) is 0.231. The lowest BCUT2D eigenvalue weighted by Crippen LogP contribution is -2.05. The number of carbonyl (C=O) groups is 1. The summed E-state index contributed by atoms with van der Waals surface area (Å²) in [7, 11) is 1.88. The second-order valence-corrected chi connectivity index (χ2v) is 3.98. The Balaban J connectivity index is 1.98. The van der Waals surface area contributed by atoms with Crippen molar-refractivity contribution in [1.29, 1.82) is 0 Å². The van der Waals surface area contributed by atoms with Crippen molar-refractivity contribution in [3.63, 3.8) is 0 Å². The largest absolute Gasteiger partial charge is 0.333 e. The van der Waals surface area contributed by atoms with Crippen LogP contribution in [0.15, 0.2) is 35.7 Å². The minimum atomic E-state index is -0.0482. The number of imidazole rings is 1. The maximum absolute atomic E-state index is 11.8. The topological polar surface area (TPSA) is 60.1 Å². The number of aromatic nitrogens is 3. The standard InChI is InChI=1S/C13H14N4O/c1-10-3-4-11(7-16-10)12(18)8-14-9-13-15-5-6-17(13)2/h3-7,9H,8H2,1-2H3. The van der Waals surface area contributed by atoms with Crippen LogP contribution in [0, 0.1) is 6.92 Å². The first-order valence-corrected chi connectivity index (χ1v) is 5.60. The second-order valence-electron chi connectivity index (χ2n) is 3.98. The molecule has 2 aromatic heterocycles. The number of aryl methyl sites for hydroxylation is 2. The molecule has 0 atom stereocenters. The third kappa shape index (κ3) is 2.88. The van der Waals surface area contributed by atoms with E-state index in [1.54, 1.807) is 24.7 Å². The first kappa shape index (κ1) is 12.2. The first-order valence-electron chi connectivity index (χ1n) is 5.60. The molecule has 0 spiro atoms. The lowest BCUT2D eigenvalue weighted by molar-refractivity contribution is 0.100. The number of hydrogen-bond acceptors (Lipinski definition) is 4. The minimum absolute atomic E-state index is 0.0482. The Morgan fingerprint density at radius 2 is 2.28 bits per heavy atom. The van der Waals surface area contributed by atoms with Crippen LogP contribution < -0.4 is 0 Å². The number of rotatable bonds is 4. The lowest BCUT2D eigenvalue weighted by atomic mass is 10.2. The molecular weight excluding hydrogens is 228 g/mol. The summed E-state index contributed by atoms with van der Waals surface area (Å²) in [5.41, 5.74) is 1.47. The van der Waals surface area contributed by atoms with Gasteiger partial charge in [0.1, 0.15) is 12.4 Å². The monoisotopic (exact) mass is 242 g/mol. The number of hydrogen-bond donors (Lipinski definition) is 0. The van der Waals surface area contributed by atoms with Crippen molar-refractivity contribution < 1.29 is 4.79 Å². The van der Waals surface area contributed by atoms with Crippen LogP contribution >= 0.6 is 0 Å². The van der Waals surface area contributed by atoms with Crippen molar-refractivity contribution in [2.24, 2.45) is 12.0 Å². The second kappa shape index (κ2) is 5.35. The normalized spacial score (nSPS) is 11.0. The summed E-state index contributed by atoms with van der Waals surface area (Å²) in [5.74, 6) is 0.679. The van der Waals surface area contributed by atoms with Crippen LogP contribution in [-0.4, -0.2) is 33.1 Å². The van der Waals surface area contributed by atoms with Gasteiger partial charge in [0.2, 0.25) is 0 Å². The van der Waals surface area contributed by atoms with E-state index in [4.69, 9.17) is 0 Å². The van der Waals surface area contributed by atoms with Gasteiger partial charge < -0.3 is 4.57 Å². The summed E-state index contributed by atoms with van der Waals surface area (Å²) in [4.78, 5) is 24.0. The number of ketones is 1. The van der Waals surface area contributed by atoms with Crippen molar-refractivity contribution in [3.05, 3.63) is 47.8 Å². The van der Waals surface area contributed by atoms with E-state index in [1.165, 1.54) is 0 Å². The van der Waals surface area contributed by atoms with Gasteiger partial charge in [-0.2, -0.15) is 0 Å². The van der Waals surface area contributed by atoms with Gasteiger partial charge in [-0.1, -0.05) is 0 Å². The number of pyridine rings is 1. The zero-order valence-electron chi connectivity index (χ0n) is 10.4. The highest BCUT2D eigenvalue weighted by molar-refractivity contribution is 5.98. The Morgan fingerprint density at radius 3 is 2.89 bits per heavy atom. The highest BCUT2D eigenvalue weighted by atomic mass is 16.1. The SMILES string of the molecule is Cc1ccc(C(=O)CN=Cc2nccn2C)cn1. The molecule has 92 valence electrons. The molecule has 0 bridgehead atoms. The summed E-state index contributed by atoms with van der Waals surface area (Å²) in [6.07, 6.45) is 6.69. The van der Waals surface area contributed by atoms with Crippen molar-refractivity contribution >= 4 is 12.0 Å². The summed E-state index contributed by atoms with van der Waals surface area (Å²) in [6.45, 7) is 1.99. The summed E-state index contributed by atoms with van der Waals surface area (Å²) < 4.78 is 1.83. The highest BCUT2D eigenvalue weighted by Crippen LogP contribution is 2.01. The van der Waals surface area contributed by atoms with E-state index in [2.05, 4.69) is 15.0 Å². The molecule has 2 heterocycles. The van der Waals surface area contributed by atoms with Crippen LogP contribution in [0.2, 0.25) is 0 Å². The quantitative estimate of drug-likeness (QED) is 0.602. The minimum Gasteiger partial charge on any atom is -0.333 e. The maximum Gasteiger partial charge on any atom is 0.185 e. The predicted molar refractivity (Wildman–Crippen MR) is 69.0 cm³/mol.